The summed E-state index contributed by atoms with van der Waals surface area (Å²) in [4.78, 5) is 13.3. The minimum absolute atomic E-state index is 0.0435. The molecule has 0 saturated carbocycles. The van der Waals surface area contributed by atoms with Crippen LogP contribution < -0.4 is 4.74 Å². The Morgan fingerprint density at radius 1 is 0.906 bits per heavy atom. The summed E-state index contributed by atoms with van der Waals surface area (Å²) in [5.74, 6) is -1.82. The summed E-state index contributed by atoms with van der Waals surface area (Å²) in [6, 6.07) is 7.72. The molecular weight excluding hydrogens is 428 g/mol. The minimum atomic E-state index is -1.77. The Kier molecular flexibility index (Phi) is 5.95. The van der Waals surface area contributed by atoms with Crippen LogP contribution in [0.5, 0.6) is 23.0 Å². The first kappa shape index (κ1) is 22.3. The second kappa shape index (κ2) is 8.54. The van der Waals surface area contributed by atoms with E-state index in [1.807, 2.05) is 0 Å². The van der Waals surface area contributed by atoms with E-state index in [9.17, 15) is 40.5 Å². The number of ketones is 1. The maximum absolute atomic E-state index is 13.3. The van der Waals surface area contributed by atoms with Crippen LogP contribution in [0.3, 0.4) is 0 Å². The highest BCUT2D eigenvalue weighted by molar-refractivity contribution is 6.05. The Labute approximate surface area is 181 Å². The molecule has 0 aliphatic carbocycles. The Balaban J connectivity index is 1.72. The highest BCUT2D eigenvalue weighted by Gasteiger charge is 2.49. The van der Waals surface area contributed by atoms with Crippen LogP contribution in [0.2, 0.25) is 0 Å². The zero-order valence-corrected chi connectivity index (χ0v) is 16.5. The number of ether oxygens (including phenoxy) is 3. The Hall–Kier alpha value is -2.93. The van der Waals surface area contributed by atoms with Crippen LogP contribution in [-0.4, -0.2) is 84.9 Å². The third-order valence-corrected chi connectivity index (χ3v) is 5.45. The molecule has 0 spiro atoms. The number of aromatic hydroxyl groups is 3. The average Bonchev–Trinajstić information content (AvgIpc) is 2.75. The second-order valence-electron chi connectivity index (χ2n) is 7.59. The smallest absolute Gasteiger partial charge is 0.203 e. The van der Waals surface area contributed by atoms with Gasteiger partial charge >= 0.3 is 0 Å². The van der Waals surface area contributed by atoms with Crippen molar-refractivity contribution in [2.45, 2.75) is 42.9 Å². The standard InChI is InChI=1S/C21H22O11/c22-7-13-15(26)17(28)18(29)21(31-13)32-20-16(27)14-11(25)5-10(24)6-12(14)30-19(20)8-1-3-9(23)4-2-8/h1-6,13,15,17-26,28-29H,7H2/t13-,15+,17+,18-,19-,20-,21+/m0/s1. The van der Waals surface area contributed by atoms with Gasteiger partial charge in [-0.15, -0.1) is 0 Å². The van der Waals surface area contributed by atoms with E-state index in [2.05, 4.69) is 0 Å². The van der Waals surface area contributed by atoms with E-state index in [-0.39, 0.29) is 22.8 Å². The van der Waals surface area contributed by atoms with Crippen molar-refractivity contribution < 1.29 is 54.8 Å². The van der Waals surface area contributed by atoms with Gasteiger partial charge in [0, 0.05) is 12.1 Å². The molecule has 2 aliphatic heterocycles. The molecule has 2 heterocycles. The van der Waals surface area contributed by atoms with Crippen LogP contribution in [-0.2, 0) is 9.47 Å². The lowest BCUT2D eigenvalue weighted by Crippen LogP contribution is -2.60. The third-order valence-electron chi connectivity index (χ3n) is 5.45. The third kappa shape index (κ3) is 3.86. The van der Waals surface area contributed by atoms with Crippen LogP contribution in [0.1, 0.15) is 22.0 Å². The summed E-state index contributed by atoms with van der Waals surface area (Å²) in [5.41, 5.74) is 0.103. The summed E-state index contributed by atoms with van der Waals surface area (Å²) in [5, 5.41) is 69.2. The summed E-state index contributed by atoms with van der Waals surface area (Å²) >= 11 is 0. The molecule has 1 fully saturated rings. The molecule has 1 saturated heterocycles. The molecule has 7 N–H and O–H groups in total. The van der Waals surface area contributed by atoms with Crippen molar-refractivity contribution in [3.05, 3.63) is 47.5 Å². The van der Waals surface area contributed by atoms with Crippen molar-refractivity contribution >= 4 is 5.78 Å². The van der Waals surface area contributed by atoms with Crippen molar-refractivity contribution in [2.24, 2.45) is 0 Å². The predicted molar refractivity (Wildman–Crippen MR) is 104 cm³/mol. The second-order valence-corrected chi connectivity index (χ2v) is 7.59. The largest absolute Gasteiger partial charge is 0.508 e. The van der Waals surface area contributed by atoms with Crippen molar-refractivity contribution in [3.8, 4) is 23.0 Å². The molecule has 2 aromatic rings. The number of phenolic OH excluding ortho intramolecular Hbond substituents is 3. The number of benzene rings is 2. The fraction of sp³-hybridized carbons (Fsp3) is 0.381. The summed E-state index contributed by atoms with van der Waals surface area (Å²) in [6.07, 6.45) is -10.7. The van der Waals surface area contributed by atoms with Crippen molar-refractivity contribution in [3.63, 3.8) is 0 Å². The van der Waals surface area contributed by atoms with Crippen LogP contribution in [0.25, 0.3) is 0 Å². The Morgan fingerprint density at radius 3 is 2.25 bits per heavy atom. The van der Waals surface area contributed by atoms with E-state index in [1.165, 1.54) is 24.3 Å². The molecular formula is C21H22O11. The highest BCUT2D eigenvalue weighted by Crippen LogP contribution is 2.43. The van der Waals surface area contributed by atoms with Crippen LogP contribution in [0.4, 0.5) is 0 Å². The van der Waals surface area contributed by atoms with E-state index in [4.69, 9.17) is 14.2 Å². The lowest BCUT2D eigenvalue weighted by molar-refractivity contribution is -0.311. The van der Waals surface area contributed by atoms with Gasteiger partial charge < -0.3 is 50.0 Å². The maximum Gasteiger partial charge on any atom is 0.203 e. The van der Waals surface area contributed by atoms with Crippen molar-refractivity contribution in [1.29, 1.82) is 0 Å². The van der Waals surface area contributed by atoms with E-state index >= 15 is 0 Å². The predicted octanol–water partition coefficient (Wildman–Crippen LogP) is -0.695. The van der Waals surface area contributed by atoms with Gasteiger partial charge in [0.2, 0.25) is 5.78 Å². The van der Waals surface area contributed by atoms with Crippen LogP contribution in [0, 0.1) is 0 Å². The molecule has 4 rings (SSSR count). The summed E-state index contributed by atoms with van der Waals surface area (Å²) in [7, 11) is 0. The normalized spacial score (nSPS) is 32.2. The number of hydrogen-bond donors (Lipinski definition) is 7. The van der Waals surface area contributed by atoms with E-state index < -0.39 is 61.1 Å². The number of phenols is 3. The summed E-state index contributed by atoms with van der Waals surface area (Å²) in [6.45, 7) is -0.690. The van der Waals surface area contributed by atoms with Gasteiger partial charge in [-0.05, 0) is 17.7 Å². The molecule has 11 heteroatoms. The molecule has 32 heavy (non-hydrogen) atoms. The monoisotopic (exact) mass is 450 g/mol. The number of fused-ring (bicyclic) bond motifs is 1. The Bertz CT molecular complexity index is 990. The number of rotatable bonds is 4. The number of hydrogen-bond acceptors (Lipinski definition) is 11. The topological polar surface area (TPSA) is 186 Å². The van der Waals surface area contributed by atoms with Gasteiger partial charge in [-0.1, -0.05) is 12.1 Å². The van der Waals surface area contributed by atoms with Gasteiger partial charge in [0.25, 0.3) is 0 Å². The number of aliphatic hydroxyl groups excluding tert-OH is 4. The lowest BCUT2D eigenvalue weighted by atomic mass is 9.92. The molecule has 2 aromatic carbocycles. The molecule has 172 valence electrons. The first-order valence-electron chi connectivity index (χ1n) is 9.73. The van der Waals surface area contributed by atoms with Gasteiger partial charge in [0.1, 0.15) is 53.0 Å². The van der Waals surface area contributed by atoms with Gasteiger partial charge in [-0.2, -0.15) is 0 Å². The fourth-order valence-corrected chi connectivity index (χ4v) is 3.77. The van der Waals surface area contributed by atoms with E-state index in [0.29, 0.717) is 5.56 Å². The molecule has 2 aliphatic rings. The number of Topliss-reactive ketones (excluding diaryl/α,β-unsaturated/α-hetero) is 1. The highest BCUT2D eigenvalue weighted by atomic mass is 16.7. The molecule has 0 radical (unpaired) electrons. The van der Waals surface area contributed by atoms with Crippen molar-refractivity contribution in [1.82, 2.24) is 0 Å². The zero-order valence-electron chi connectivity index (χ0n) is 16.5. The van der Waals surface area contributed by atoms with Gasteiger partial charge in [-0.3, -0.25) is 4.79 Å². The SMILES string of the molecule is O=C1c2c(O)cc(O)cc2O[C@@H](c2ccc(O)cc2)[C@H]1O[C@H]1O[C@@H](CO)[C@@H](O)[C@@H](O)[C@@H]1O. The zero-order chi connectivity index (χ0) is 23.2. The van der Waals surface area contributed by atoms with Gasteiger partial charge in [0.05, 0.1) is 6.61 Å². The first-order chi connectivity index (χ1) is 15.2. The van der Waals surface area contributed by atoms with Crippen molar-refractivity contribution in [2.75, 3.05) is 6.61 Å². The number of carbonyl (C=O) groups excluding carboxylic acids is 1. The molecule has 0 unspecified atom stereocenters. The number of carbonyl (C=O) groups is 1. The first-order valence-corrected chi connectivity index (χ1v) is 9.73. The quantitative estimate of drug-likeness (QED) is 0.312. The molecule has 0 aromatic heterocycles. The molecule has 0 amide bonds. The van der Waals surface area contributed by atoms with E-state index in [1.54, 1.807) is 0 Å². The molecule has 0 bridgehead atoms. The van der Waals surface area contributed by atoms with Gasteiger partial charge in [0.15, 0.2) is 18.5 Å². The van der Waals surface area contributed by atoms with Crippen LogP contribution in [0.15, 0.2) is 36.4 Å². The van der Waals surface area contributed by atoms with Gasteiger partial charge in [-0.25, -0.2) is 0 Å². The minimum Gasteiger partial charge on any atom is -0.508 e. The Morgan fingerprint density at radius 2 is 1.59 bits per heavy atom. The fourth-order valence-electron chi connectivity index (χ4n) is 3.77. The molecule has 7 atom stereocenters. The van der Waals surface area contributed by atoms with E-state index in [0.717, 1.165) is 12.1 Å². The van der Waals surface area contributed by atoms with Crippen LogP contribution >= 0.6 is 0 Å². The number of aliphatic hydroxyl groups is 4. The lowest BCUT2D eigenvalue weighted by Gasteiger charge is -2.42. The average molecular weight is 450 g/mol. The molecule has 11 nitrogen and oxygen atoms in total. The summed E-state index contributed by atoms with van der Waals surface area (Å²) < 4.78 is 16.9. The maximum atomic E-state index is 13.3.